The second kappa shape index (κ2) is 5.63. The molecule has 0 aliphatic carbocycles. The summed E-state index contributed by atoms with van der Waals surface area (Å²) in [7, 11) is 1.65. The fourth-order valence-corrected chi connectivity index (χ4v) is 1.38. The van der Waals surface area contributed by atoms with Crippen molar-refractivity contribution < 1.29 is 9.53 Å². The maximum absolute atomic E-state index is 11.6. The third-order valence-electron chi connectivity index (χ3n) is 2.40. The predicted octanol–water partition coefficient (Wildman–Crippen LogP) is 1.93. The van der Waals surface area contributed by atoms with E-state index >= 15 is 0 Å². The molecule has 82 valence electrons. The Hall–Kier alpha value is -1.19. The van der Waals surface area contributed by atoms with E-state index in [-0.39, 0.29) is 11.9 Å². The number of hydrogen-bond acceptors (Lipinski definition) is 3. The van der Waals surface area contributed by atoms with Gasteiger partial charge in [-0.15, -0.1) is 0 Å². The van der Waals surface area contributed by atoms with Gasteiger partial charge in [-0.25, -0.2) is 0 Å². The first-order valence-corrected chi connectivity index (χ1v) is 5.05. The number of methoxy groups -OCH3 is 1. The highest BCUT2D eigenvalue weighted by Crippen LogP contribution is 2.17. The third-order valence-corrected chi connectivity index (χ3v) is 2.40. The van der Waals surface area contributed by atoms with Crippen molar-refractivity contribution in [2.45, 2.75) is 19.4 Å². The fraction of sp³-hybridized carbons (Fsp3) is 0.417. The Kier molecular flexibility index (Phi) is 4.46. The number of rotatable bonds is 5. The van der Waals surface area contributed by atoms with Gasteiger partial charge in [0.1, 0.15) is 0 Å². The van der Waals surface area contributed by atoms with Crippen LogP contribution < -0.4 is 5.73 Å². The molecule has 0 aliphatic rings. The molecular weight excluding hydrogens is 190 g/mol. The van der Waals surface area contributed by atoms with Gasteiger partial charge in [-0.05, 0) is 25.1 Å². The Bertz CT molecular complexity index is 336. The van der Waals surface area contributed by atoms with Crippen molar-refractivity contribution in [1.82, 2.24) is 0 Å². The van der Waals surface area contributed by atoms with E-state index in [1.54, 1.807) is 7.11 Å². The Morgan fingerprint density at radius 3 is 2.87 bits per heavy atom. The molecule has 0 radical (unpaired) electrons. The lowest BCUT2D eigenvalue weighted by molar-refractivity contribution is 0.0984. The normalized spacial score (nSPS) is 12.5. The van der Waals surface area contributed by atoms with Crippen molar-refractivity contribution in [3.8, 4) is 0 Å². The van der Waals surface area contributed by atoms with Gasteiger partial charge in [0.15, 0.2) is 5.78 Å². The number of hydrogen-bond donors (Lipinski definition) is 1. The average Bonchev–Trinajstić information content (AvgIpc) is 2.28. The van der Waals surface area contributed by atoms with Crippen molar-refractivity contribution in [2.75, 3.05) is 13.7 Å². The first-order chi connectivity index (χ1) is 7.19. The molecule has 1 rings (SSSR count). The highest BCUT2D eigenvalue weighted by molar-refractivity contribution is 5.96. The second-order valence-corrected chi connectivity index (χ2v) is 3.47. The number of Topliss-reactive ketones (excluding diaryl/α,β-unsaturated/α-hetero) is 1. The molecule has 1 aromatic rings. The molecule has 2 N–H and O–H groups in total. The molecule has 0 amide bonds. The Balaban J connectivity index is 2.87. The predicted molar refractivity (Wildman–Crippen MR) is 59.9 cm³/mol. The molecule has 0 spiro atoms. The van der Waals surface area contributed by atoms with Crippen LogP contribution >= 0.6 is 0 Å². The first kappa shape index (κ1) is 11.9. The monoisotopic (exact) mass is 207 g/mol. The van der Waals surface area contributed by atoms with E-state index in [1.807, 2.05) is 31.2 Å². The standard InChI is InChI=1S/C12H17NO2/c1-9(15-2)10-4-3-5-11(8-10)12(14)6-7-13/h3-5,8-9H,6-7,13H2,1-2H3. The van der Waals surface area contributed by atoms with Crippen molar-refractivity contribution >= 4 is 5.78 Å². The maximum atomic E-state index is 11.6. The molecule has 1 atom stereocenters. The minimum atomic E-state index is 0.00984. The molecule has 0 saturated carbocycles. The minimum Gasteiger partial charge on any atom is -0.377 e. The fourth-order valence-electron chi connectivity index (χ4n) is 1.38. The molecule has 1 aromatic carbocycles. The van der Waals surface area contributed by atoms with E-state index in [1.165, 1.54) is 0 Å². The lowest BCUT2D eigenvalue weighted by atomic mass is 10.0. The smallest absolute Gasteiger partial charge is 0.164 e. The van der Waals surface area contributed by atoms with Crippen LogP contribution in [0.15, 0.2) is 24.3 Å². The van der Waals surface area contributed by atoms with Gasteiger partial charge in [0, 0.05) is 19.1 Å². The Labute approximate surface area is 90.2 Å². The quantitative estimate of drug-likeness (QED) is 0.750. The van der Waals surface area contributed by atoms with E-state index in [9.17, 15) is 4.79 Å². The van der Waals surface area contributed by atoms with Crippen LogP contribution in [0.3, 0.4) is 0 Å². The van der Waals surface area contributed by atoms with Gasteiger partial charge in [0.25, 0.3) is 0 Å². The summed E-state index contributed by atoms with van der Waals surface area (Å²) in [6.07, 6.45) is 0.404. The zero-order valence-corrected chi connectivity index (χ0v) is 9.19. The van der Waals surface area contributed by atoms with Crippen LogP contribution in [0.2, 0.25) is 0 Å². The largest absolute Gasteiger partial charge is 0.377 e. The summed E-state index contributed by atoms with van der Waals surface area (Å²) in [6.45, 7) is 2.34. The van der Waals surface area contributed by atoms with Crippen LogP contribution in [0.25, 0.3) is 0 Å². The summed E-state index contributed by atoms with van der Waals surface area (Å²) in [6, 6.07) is 7.50. The maximum Gasteiger partial charge on any atom is 0.164 e. The zero-order valence-electron chi connectivity index (χ0n) is 9.19. The van der Waals surface area contributed by atoms with Gasteiger partial charge in [0.05, 0.1) is 6.10 Å². The Morgan fingerprint density at radius 1 is 1.53 bits per heavy atom. The third kappa shape index (κ3) is 3.15. The summed E-state index contributed by atoms with van der Waals surface area (Å²) in [5.74, 6) is 0.0858. The van der Waals surface area contributed by atoms with Crippen molar-refractivity contribution in [2.24, 2.45) is 5.73 Å². The van der Waals surface area contributed by atoms with Gasteiger partial charge < -0.3 is 10.5 Å². The molecule has 1 unspecified atom stereocenters. The van der Waals surface area contributed by atoms with E-state index in [0.717, 1.165) is 5.56 Å². The first-order valence-electron chi connectivity index (χ1n) is 5.05. The number of carbonyl (C=O) groups excluding carboxylic acids is 1. The molecular formula is C12H17NO2. The highest BCUT2D eigenvalue weighted by Gasteiger charge is 2.08. The van der Waals surface area contributed by atoms with E-state index in [4.69, 9.17) is 10.5 Å². The van der Waals surface area contributed by atoms with Gasteiger partial charge in [-0.3, -0.25) is 4.79 Å². The van der Waals surface area contributed by atoms with Crippen LogP contribution in [0.5, 0.6) is 0 Å². The van der Waals surface area contributed by atoms with E-state index in [2.05, 4.69) is 0 Å². The van der Waals surface area contributed by atoms with Crippen molar-refractivity contribution in [3.05, 3.63) is 35.4 Å². The number of nitrogens with two attached hydrogens (primary N) is 1. The van der Waals surface area contributed by atoms with Crippen molar-refractivity contribution in [3.63, 3.8) is 0 Å². The highest BCUT2D eigenvalue weighted by atomic mass is 16.5. The minimum absolute atomic E-state index is 0.00984. The van der Waals surface area contributed by atoms with E-state index < -0.39 is 0 Å². The molecule has 0 bridgehead atoms. The number of benzene rings is 1. The lowest BCUT2D eigenvalue weighted by Gasteiger charge is -2.10. The van der Waals surface area contributed by atoms with Crippen LogP contribution in [-0.2, 0) is 4.74 Å². The van der Waals surface area contributed by atoms with Gasteiger partial charge >= 0.3 is 0 Å². The van der Waals surface area contributed by atoms with E-state index in [0.29, 0.717) is 18.5 Å². The topological polar surface area (TPSA) is 52.3 Å². The molecule has 0 heterocycles. The van der Waals surface area contributed by atoms with Gasteiger partial charge in [0.2, 0.25) is 0 Å². The summed E-state index contributed by atoms with van der Waals surface area (Å²) in [5.41, 5.74) is 7.07. The average molecular weight is 207 g/mol. The summed E-state index contributed by atoms with van der Waals surface area (Å²) < 4.78 is 5.19. The molecule has 3 nitrogen and oxygen atoms in total. The summed E-state index contributed by atoms with van der Waals surface area (Å²) in [5, 5.41) is 0. The molecule has 0 aromatic heterocycles. The SMILES string of the molecule is COC(C)c1cccc(C(=O)CCN)c1. The molecule has 3 heteroatoms. The Morgan fingerprint density at radius 2 is 2.27 bits per heavy atom. The lowest BCUT2D eigenvalue weighted by Crippen LogP contribution is -2.08. The van der Waals surface area contributed by atoms with Gasteiger partial charge in [-0.1, -0.05) is 18.2 Å². The number of ketones is 1. The number of carbonyl (C=O) groups is 1. The zero-order chi connectivity index (χ0) is 11.3. The van der Waals surface area contributed by atoms with Crippen LogP contribution in [0.4, 0.5) is 0 Å². The van der Waals surface area contributed by atoms with Crippen LogP contribution in [0, 0.1) is 0 Å². The molecule has 0 aliphatic heterocycles. The second-order valence-electron chi connectivity index (χ2n) is 3.47. The van der Waals surface area contributed by atoms with Crippen molar-refractivity contribution in [1.29, 1.82) is 0 Å². The number of ether oxygens (including phenoxy) is 1. The summed E-state index contributed by atoms with van der Waals surface area (Å²) in [4.78, 5) is 11.6. The molecule has 0 fully saturated rings. The summed E-state index contributed by atoms with van der Waals surface area (Å²) >= 11 is 0. The van der Waals surface area contributed by atoms with Crippen LogP contribution in [-0.4, -0.2) is 19.4 Å². The molecule has 0 saturated heterocycles. The van der Waals surface area contributed by atoms with Crippen LogP contribution in [0.1, 0.15) is 35.4 Å². The molecule has 15 heavy (non-hydrogen) atoms. The van der Waals surface area contributed by atoms with Gasteiger partial charge in [-0.2, -0.15) is 0 Å².